The average Bonchev–Trinajstić information content (AvgIpc) is 3.33. The summed E-state index contributed by atoms with van der Waals surface area (Å²) in [5.41, 5.74) is 2.56. The van der Waals surface area contributed by atoms with E-state index < -0.39 is 0 Å². The first-order valence-electron chi connectivity index (χ1n) is 11.0. The van der Waals surface area contributed by atoms with Gasteiger partial charge in [-0.3, -0.25) is 9.59 Å². The lowest BCUT2D eigenvalue weighted by molar-refractivity contribution is -0.125. The number of hydrogen-bond acceptors (Lipinski definition) is 4. The summed E-state index contributed by atoms with van der Waals surface area (Å²) in [6.45, 7) is 1.25. The van der Waals surface area contributed by atoms with Crippen molar-refractivity contribution in [3.05, 3.63) is 95.6 Å². The molecule has 0 spiro atoms. The van der Waals surface area contributed by atoms with E-state index in [4.69, 9.17) is 9.47 Å². The standard InChI is InChI=1S/C27H28N2O4/c1-32-22-12-6-10-20(14-22)24-17-29(27(31)21-11-7-13-23(15-21)33-2)18-25(24)26(30)28-16-19-8-4-3-5-9-19/h3-15,24-25H,16-18H2,1-2H3,(H,28,30)/t24-,25-/m1/s1. The summed E-state index contributed by atoms with van der Waals surface area (Å²) in [5, 5.41) is 3.06. The Balaban J connectivity index is 1.57. The highest BCUT2D eigenvalue weighted by Crippen LogP contribution is 2.35. The predicted octanol–water partition coefficient (Wildman–Crippen LogP) is 3.88. The molecule has 33 heavy (non-hydrogen) atoms. The summed E-state index contributed by atoms with van der Waals surface area (Å²) in [6, 6.07) is 24.6. The molecule has 6 heteroatoms. The molecule has 4 rings (SSSR count). The third-order valence-electron chi connectivity index (χ3n) is 6.09. The molecule has 3 aromatic rings. The molecule has 0 radical (unpaired) electrons. The lowest BCUT2D eigenvalue weighted by Gasteiger charge is -2.18. The number of likely N-dealkylation sites (tertiary alicyclic amines) is 1. The fourth-order valence-electron chi connectivity index (χ4n) is 4.30. The maximum absolute atomic E-state index is 13.3. The Bertz CT molecular complexity index is 1120. The van der Waals surface area contributed by atoms with E-state index in [1.54, 1.807) is 43.4 Å². The van der Waals surface area contributed by atoms with Crippen LogP contribution in [0, 0.1) is 5.92 Å². The number of nitrogens with zero attached hydrogens (tertiary/aromatic N) is 1. The highest BCUT2D eigenvalue weighted by atomic mass is 16.5. The van der Waals surface area contributed by atoms with Gasteiger partial charge < -0.3 is 19.7 Å². The molecule has 1 fully saturated rings. The monoisotopic (exact) mass is 444 g/mol. The number of ether oxygens (including phenoxy) is 2. The summed E-state index contributed by atoms with van der Waals surface area (Å²) < 4.78 is 10.7. The van der Waals surface area contributed by atoms with Gasteiger partial charge in [-0.1, -0.05) is 48.5 Å². The minimum atomic E-state index is -0.365. The van der Waals surface area contributed by atoms with E-state index >= 15 is 0 Å². The quantitative estimate of drug-likeness (QED) is 0.601. The number of benzene rings is 3. The number of hydrogen-bond donors (Lipinski definition) is 1. The van der Waals surface area contributed by atoms with Crippen LogP contribution >= 0.6 is 0 Å². The second-order valence-electron chi connectivity index (χ2n) is 8.14. The van der Waals surface area contributed by atoms with Crippen molar-refractivity contribution in [1.29, 1.82) is 0 Å². The Hall–Kier alpha value is -3.80. The molecule has 2 atom stereocenters. The zero-order valence-corrected chi connectivity index (χ0v) is 18.9. The summed E-state index contributed by atoms with van der Waals surface area (Å²) in [4.78, 5) is 28.3. The zero-order valence-electron chi connectivity index (χ0n) is 18.9. The van der Waals surface area contributed by atoms with Crippen molar-refractivity contribution in [3.63, 3.8) is 0 Å². The Kier molecular flexibility index (Phi) is 6.93. The molecule has 1 N–H and O–H groups in total. The van der Waals surface area contributed by atoms with Crippen molar-refractivity contribution in [3.8, 4) is 11.5 Å². The molecule has 0 saturated carbocycles. The van der Waals surface area contributed by atoms with Gasteiger partial charge in [0.15, 0.2) is 0 Å². The highest BCUT2D eigenvalue weighted by molar-refractivity contribution is 5.95. The van der Waals surface area contributed by atoms with E-state index in [9.17, 15) is 9.59 Å². The van der Waals surface area contributed by atoms with Crippen LogP contribution in [0.2, 0.25) is 0 Å². The molecule has 1 aliphatic heterocycles. The second kappa shape index (κ2) is 10.2. The molecular formula is C27H28N2O4. The van der Waals surface area contributed by atoms with Crippen LogP contribution in [0.3, 0.4) is 0 Å². The molecule has 170 valence electrons. The van der Waals surface area contributed by atoms with Gasteiger partial charge >= 0.3 is 0 Å². The van der Waals surface area contributed by atoms with Crippen LogP contribution in [-0.2, 0) is 11.3 Å². The van der Waals surface area contributed by atoms with Crippen LogP contribution in [0.25, 0.3) is 0 Å². The number of carbonyl (C=O) groups excluding carboxylic acids is 2. The van der Waals surface area contributed by atoms with E-state index in [1.807, 2.05) is 54.6 Å². The van der Waals surface area contributed by atoms with E-state index in [1.165, 1.54) is 0 Å². The third kappa shape index (κ3) is 5.17. The number of rotatable bonds is 7. The molecule has 3 aromatic carbocycles. The molecule has 0 bridgehead atoms. The first kappa shape index (κ1) is 22.4. The van der Waals surface area contributed by atoms with Gasteiger partial charge in [-0.05, 0) is 41.5 Å². The van der Waals surface area contributed by atoms with Gasteiger partial charge in [0.1, 0.15) is 11.5 Å². The Morgan fingerprint density at radius 2 is 1.58 bits per heavy atom. The highest BCUT2D eigenvalue weighted by Gasteiger charge is 2.40. The Labute approximate surface area is 194 Å². The summed E-state index contributed by atoms with van der Waals surface area (Å²) >= 11 is 0. The molecule has 0 aromatic heterocycles. The molecule has 1 saturated heterocycles. The van der Waals surface area contributed by atoms with Gasteiger partial charge in [-0.15, -0.1) is 0 Å². The van der Waals surface area contributed by atoms with Gasteiger partial charge in [0.05, 0.1) is 20.1 Å². The van der Waals surface area contributed by atoms with Crippen molar-refractivity contribution in [2.45, 2.75) is 12.5 Å². The van der Waals surface area contributed by atoms with Crippen LogP contribution in [0.15, 0.2) is 78.9 Å². The minimum absolute atomic E-state index is 0.0624. The van der Waals surface area contributed by atoms with E-state index in [2.05, 4.69) is 5.32 Å². The predicted molar refractivity (Wildman–Crippen MR) is 126 cm³/mol. The summed E-state index contributed by atoms with van der Waals surface area (Å²) in [5.74, 6) is 0.684. The maximum atomic E-state index is 13.3. The van der Waals surface area contributed by atoms with Crippen molar-refractivity contribution in [2.75, 3.05) is 27.3 Å². The molecule has 1 heterocycles. The minimum Gasteiger partial charge on any atom is -0.497 e. The van der Waals surface area contributed by atoms with Gasteiger partial charge in [-0.25, -0.2) is 0 Å². The average molecular weight is 445 g/mol. The fraction of sp³-hybridized carbons (Fsp3) is 0.259. The molecule has 0 unspecified atom stereocenters. The molecular weight excluding hydrogens is 416 g/mol. The zero-order chi connectivity index (χ0) is 23.2. The second-order valence-corrected chi connectivity index (χ2v) is 8.14. The Morgan fingerprint density at radius 3 is 2.30 bits per heavy atom. The van der Waals surface area contributed by atoms with Crippen molar-refractivity contribution < 1.29 is 19.1 Å². The van der Waals surface area contributed by atoms with Gasteiger partial charge in [0.2, 0.25) is 5.91 Å². The smallest absolute Gasteiger partial charge is 0.254 e. The number of carbonyl (C=O) groups is 2. The van der Waals surface area contributed by atoms with Crippen molar-refractivity contribution in [1.82, 2.24) is 10.2 Å². The van der Waals surface area contributed by atoms with Crippen molar-refractivity contribution in [2.24, 2.45) is 5.92 Å². The summed E-state index contributed by atoms with van der Waals surface area (Å²) in [7, 11) is 3.20. The van der Waals surface area contributed by atoms with Crippen molar-refractivity contribution >= 4 is 11.8 Å². The van der Waals surface area contributed by atoms with E-state index in [0.717, 1.165) is 16.9 Å². The lowest BCUT2D eigenvalue weighted by atomic mass is 9.88. The van der Waals surface area contributed by atoms with Gasteiger partial charge in [0.25, 0.3) is 5.91 Å². The normalized spacial score (nSPS) is 17.5. The first-order valence-corrected chi connectivity index (χ1v) is 11.0. The summed E-state index contributed by atoms with van der Waals surface area (Å²) in [6.07, 6.45) is 0. The molecule has 0 aliphatic carbocycles. The molecule has 2 amide bonds. The fourth-order valence-corrected chi connectivity index (χ4v) is 4.30. The van der Waals surface area contributed by atoms with Crippen LogP contribution in [0.1, 0.15) is 27.4 Å². The maximum Gasteiger partial charge on any atom is 0.254 e. The number of methoxy groups -OCH3 is 2. The van der Waals surface area contributed by atoms with Crippen LogP contribution in [0.4, 0.5) is 0 Å². The van der Waals surface area contributed by atoms with Gasteiger partial charge in [0, 0.05) is 31.1 Å². The first-order chi connectivity index (χ1) is 16.1. The lowest BCUT2D eigenvalue weighted by Crippen LogP contribution is -2.35. The van der Waals surface area contributed by atoms with Gasteiger partial charge in [-0.2, -0.15) is 0 Å². The molecule has 6 nitrogen and oxygen atoms in total. The molecule has 1 aliphatic rings. The van der Waals surface area contributed by atoms with Crippen LogP contribution < -0.4 is 14.8 Å². The van der Waals surface area contributed by atoms with Crippen LogP contribution in [-0.4, -0.2) is 44.0 Å². The van der Waals surface area contributed by atoms with E-state index in [0.29, 0.717) is 30.9 Å². The van der Waals surface area contributed by atoms with Crippen LogP contribution in [0.5, 0.6) is 11.5 Å². The van der Waals surface area contributed by atoms with E-state index in [-0.39, 0.29) is 23.7 Å². The Morgan fingerprint density at radius 1 is 0.879 bits per heavy atom. The SMILES string of the molecule is COc1cccc(C(=O)N2C[C@H](c3cccc(OC)c3)[C@H](C(=O)NCc3ccccc3)C2)c1. The third-order valence-corrected chi connectivity index (χ3v) is 6.09. The topological polar surface area (TPSA) is 67.9 Å². The number of amides is 2. The largest absolute Gasteiger partial charge is 0.497 e. The number of nitrogens with one attached hydrogen (secondary N) is 1.